The van der Waals surface area contributed by atoms with Gasteiger partial charge in [0.05, 0.1) is 13.1 Å². The van der Waals surface area contributed by atoms with Crippen molar-refractivity contribution in [2.75, 3.05) is 11.9 Å². The average molecular weight is 333 g/mol. The van der Waals surface area contributed by atoms with Crippen LogP contribution in [0.1, 0.15) is 12.0 Å². The van der Waals surface area contributed by atoms with Crippen LogP contribution < -0.4 is 17.7 Å². The van der Waals surface area contributed by atoms with Gasteiger partial charge in [-0.25, -0.2) is 4.39 Å². The van der Waals surface area contributed by atoms with Gasteiger partial charge in [-0.1, -0.05) is 30.3 Å². The third-order valence-corrected chi connectivity index (χ3v) is 3.43. The molecule has 2 aromatic rings. The molecule has 2 aromatic carbocycles. The molecule has 6 heteroatoms. The highest BCUT2D eigenvalue weighted by molar-refractivity contribution is 6.05. The maximum absolute atomic E-state index is 13.0. The van der Waals surface area contributed by atoms with Crippen LogP contribution in [0, 0.1) is 5.82 Å². The summed E-state index contributed by atoms with van der Waals surface area (Å²) in [4.78, 5) is 18.2. The van der Waals surface area contributed by atoms with Gasteiger partial charge in [0.25, 0.3) is 0 Å². The van der Waals surface area contributed by atoms with Gasteiger partial charge in [0.15, 0.2) is 0 Å². The number of guanidine groups is 1. The van der Waals surface area contributed by atoms with E-state index < -0.39 is 0 Å². The Hall–Kier alpha value is -2.40. The SMILES string of the molecule is O=C1CCN=C(Nc2ccc(F)cc2)N1Cc1ccccc1.[Cl-]. The minimum atomic E-state index is -0.298. The first-order chi connectivity index (χ1) is 10.7. The highest BCUT2D eigenvalue weighted by atomic mass is 35.5. The number of halogens is 2. The lowest BCUT2D eigenvalue weighted by Crippen LogP contribution is -3.00. The van der Waals surface area contributed by atoms with E-state index in [1.54, 1.807) is 17.0 Å². The van der Waals surface area contributed by atoms with Crippen molar-refractivity contribution >= 4 is 17.6 Å². The topological polar surface area (TPSA) is 44.7 Å². The molecule has 23 heavy (non-hydrogen) atoms. The first-order valence-electron chi connectivity index (χ1n) is 7.14. The molecule has 1 aliphatic rings. The zero-order chi connectivity index (χ0) is 15.4. The molecule has 1 N–H and O–H groups in total. The highest BCUT2D eigenvalue weighted by Gasteiger charge is 2.23. The number of rotatable bonds is 3. The number of hydrogen-bond donors (Lipinski definition) is 1. The van der Waals surface area contributed by atoms with Gasteiger partial charge in [-0.3, -0.25) is 14.7 Å². The van der Waals surface area contributed by atoms with Gasteiger partial charge in [-0.05, 0) is 29.8 Å². The minimum Gasteiger partial charge on any atom is -1.00 e. The summed E-state index contributed by atoms with van der Waals surface area (Å²) in [6.07, 6.45) is 0.404. The number of benzene rings is 2. The molecule has 0 unspecified atom stereocenters. The number of amides is 1. The van der Waals surface area contributed by atoms with Gasteiger partial charge < -0.3 is 17.7 Å². The van der Waals surface area contributed by atoms with Crippen LogP contribution >= 0.6 is 0 Å². The van der Waals surface area contributed by atoms with Gasteiger partial charge in [-0.15, -0.1) is 0 Å². The zero-order valence-corrected chi connectivity index (χ0v) is 13.1. The fourth-order valence-electron chi connectivity index (χ4n) is 2.29. The Bertz CT molecular complexity index is 689. The lowest BCUT2D eigenvalue weighted by Gasteiger charge is -2.28. The highest BCUT2D eigenvalue weighted by Crippen LogP contribution is 2.15. The van der Waals surface area contributed by atoms with E-state index in [0.717, 1.165) is 5.56 Å². The van der Waals surface area contributed by atoms with Crippen molar-refractivity contribution in [3.8, 4) is 0 Å². The maximum atomic E-state index is 13.0. The zero-order valence-electron chi connectivity index (χ0n) is 12.4. The molecular formula is C17H16ClFN3O-. The second-order valence-corrected chi connectivity index (χ2v) is 5.05. The number of nitrogens with zero attached hydrogens (tertiary/aromatic N) is 2. The van der Waals surface area contributed by atoms with E-state index in [4.69, 9.17) is 0 Å². The normalized spacial score (nSPS) is 14.0. The van der Waals surface area contributed by atoms with Crippen LogP contribution in [0.25, 0.3) is 0 Å². The quantitative estimate of drug-likeness (QED) is 0.862. The van der Waals surface area contributed by atoms with E-state index in [2.05, 4.69) is 10.3 Å². The number of aliphatic imine (C=N–C) groups is 1. The van der Waals surface area contributed by atoms with Crippen LogP contribution in [0.15, 0.2) is 59.6 Å². The standard InChI is InChI=1S/C17H16FN3O.ClH/c18-14-6-8-15(9-7-14)20-17-19-11-10-16(22)21(17)12-13-4-2-1-3-5-13;/h1-9H,10-12H2,(H,19,20);1H/p-1. The Kier molecular flexibility index (Phi) is 5.71. The second kappa shape index (κ2) is 7.74. The molecule has 0 atom stereocenters. The van der Waals surface area contributed by atoms with Crippen LogP contribution in [-0.2, 0) is 11.3 Å². The van der Waals surface area contributed by atoms with Crippen molar-refractivity contribution < 1.29 is 21.6 Å². The Labute approximate surface area is 140 Å². The monoisotopic (exact) mass is 332 g/mol. The number of carbonyl (C=O) groups excluding carboxylic acids is 1. The minimum absolute atomic E-state index is 0. The smallest absolute Gasteiger partial charge is 0.231 e. The molecule has 0 aromatic heterocycles. The van der Waals surface area contributed by atoms with E-state index in [9.17, 15) is 9.18 Å². The molecule has 0 spiro atoms. The number of hydrogen-bond acceptors (Lipinski definition) is 3. The van der Waals surface area contributed by atoms with Crippen molar-refractivity contribution in [1.82, 2.24) is 4.90 Å². The Balaban J connectivity index is 0.00000192. The lowest BCUT2D eigenvalue weighted by molar-refractivity contribution is -0.128. The van der Waals surface area contributed by atoms with Gasteiger partial charge in [-0.2, -0.15) is 0 Å². The van der Waals surface area contributed by atoms with E-state index in [1.807, 2.05) is 30.3 Å². The van der Waals surface area contributed by atoms with E-state index in [0.29, 0.717) is 31.2 Å². The number of nitrogens with one attached hydrogen (secondary N) is 1. The molecule has 0 bridgehead atoms. The van der Waals surface area contributed by atoms with Crippen LogP contribution in [0.2, 0.25) is 0 Å². The van der Waals surface area contributed by atoms with Crippen molar-refractivity contribution in [3.63, 3.8) is 0 Å². The van der Waals surface area contributed by atoms with Crippen molar-refractivity contribution in [3.05, 3.63) is 66.0 Å². The third kappa shape index (κ3) is 4.29. The van der Waals surface area contributed by atoms with Crippen LogP contribution in [0.3, 0.4) is 0 Å². The largest absolute Gasteiger partial charge is 1.00 e. The molecule has 0 saturated heterocycles. The van der Waals surface area contributed by atoms with Crippen LogP contribution in [0.5, 0.6) is 0 Å². The number of anilines is 1. The lowest BCUT2D eigenvalue weighted by atomic mass is 10.2. The van der Waals surface area contributed by atoms with Crippen LogP contribution in [-0.4, -0.2) is 23.3 Å². The summed E-state index contributed by atoms with van der Waals surface area (Å²) in [5.74, 6) is 0.239. The van der Waals surface area contributed by atoms with Gasteiger partial charge in [0.1, 0.15) is 5.82 Å². The summed E-state index contributed by atoms with van der Waals surface area (Å²) in [7, 11) is 0. The Morgan fingerprint density at radius 1 is 1.09 bits per heavy atom. The molecule has 1 heterocycles. The molecule has 0 radical (unpaired) electrons. The number of carbonyl (C=O) groups is 1. The summed E-state index contributed by atoms with van der Waals surface area (Å²) in [6.45, 7) is 0.931. The van der Waals surface area contributed by atoms with Gasteiger partial charge in [0, 0.05) is 12.1 Å². The third-order valence-electron chi connectivity index (χ3n) is 3.43. The Morgan fingerprint density at radius 3 is 2.48 bits per heavy atom. The second-order valence-electron chi connectivity index (χ2n) is 5.05. The molecule has 0 aliphatic carbocycles. The molecule has 120 valence electrons. The molecule has 0 saturated carbocycles. The maximum Gasteiger partial charge on any atom is 0.231 e. The summed E-state index contributed by atoms with van der Waals surface area (Å²) < 4.78 is 13.0. The fraction of sp³-hybridized carbons (Fsp3) is 0.176. The Morgan fingerprint density at radius 2 is 1.78 bits per heavy atom. The summed E-state index contributed by atoms with van der Waals surface area (Å²) in [5, 5.41) is 3.10. The predicted molar refractivity (Wildman–Crippen MR) is 83.9 cm³/mol. The van der Waals surface area contributed by atoms with Gasteiger partial charge in [0.2, 0.25) is 11.9 Å². The van der Waals surface area contributed by atoms with Crippen molar-refractivity contribution in [2.45, 2.75) is 13.0 Å². The van der Waals surface area contributed by atoms with Crippen molar-refractivity contribution in [2.24, 2.45) is 4.99 Å². The van der Waals surface area contributed by atoms with E-state index in [-0.39, 0.29) is 24.1 Å². The van der Waals surface area contributed by atoms with Crippen molar-refractivity contribution in [1.29, 1.82) is 0 Å². The molecule has 4 nitrogen and oxygen atoms in total. The summed E-state index contributed by atoms with van der Waals surface area (Å²) >= 11 is 0. The predicted octanol–water partition coefficient (Wildman–Crippen LogP) is 0.0301. The molecule has 1 amide bonds. The van der Waals surface area contributed by atoms with E-state index in [1.165, 1.54) is 12.1 Å². The summed E-state index contributed by atoms with van der Waals surface area (Å²) in [6, 6.07) is 15.7. The van der Waals surface area contributed by atoms with Crippen LogP contribution in [0.4, 0.5) is 10.1 Å². The first kappa shape index (κ1) is 17.0. The molecule has 3 rings (SSSR count). The first-order valence-corrected chi connectivity index (χ1v) is 7.14. The molecule has 1 aliphatic heterocycles. The van der Waals surface area contributed by atoms with Gasteiger partial charge >= 0.3 is 0 Å². The average Bonchev–Trinajstić information content (AvgIpc) is 2.54. The molecule has 0 fully saturated rings. The molecular weight excluding hydrogens is 317 g/mol. The van der Waals surface area contributed by atoms with E-state index >= 15 is 0 Å². The fourth-order valence-corrected chi connectivity index (χ4v) is 2.29. The summed E-state index contributed by atoms with van der Waals surface area (Å²) in [5.41, 5.74) is 1.74.